The Balaban J connectivity index is 1.37. The molecule has 3 heterocycles. The lowest BCUT2D eigenvalue weighted by molar-refractivity contribution is 0.0664. The molecule has 0 N–H and O–H groups in total. The Labute approximate surface area is 147 Å². The molecule has 25 heavy (non-hydrogen) atoms. The molecule has 0 aliphatic carbocycles. The second kappa shape index (κ2) is 6.48. The summed E-state index contributed by atoms with van der Waals surface area (Å²) in [7, 11) is 0. The molecule has 8 heteroatoms. The third-order valence-electron chi connectivity index (χ3n) is 3.81. The van der Waals surface area contributed by atoms with Gasteiger partial charge in [0.05, 0.1) is 11.1 Å². The molecule has 0 spiro atoms. The Kier molecular flexibility index (Phi) is 4.02. The average Bonchev–Trinajstić information content (AvgIpc) is 3.26. The van der Waals surface area contributed by atoms with Gasteiger partial charge >= 0.3 is 0 Å². The van der Waals surface area contributed by atoms with Crippen LogP contribution in [0.25, 0.3) is 5.82 Å². The molecule has 0 unspecified atom stereocenters. The van der Waals surface area contributed by atoms with Crippen LogP contribution in [0.4, 0.5) is 0 Å². The smallest absolute Gasteiger partial charge is 0.261 e. The zero-order chi connectivity index (χ0) is 17.2. The fourth-order valence-electron chi connectivity index (χ4n) is 2.60. The molecule has 3 aromatic rings. The molecule has 124 valence electrons. The van der Waals surface area contributed by atoms with E-state index in [0.29, 0.717) is 29.2 Å². The van der Waals surface area contributed by atoms with Gasteiger partial charge in [0.25, 0.3) is 11.8 Å². The van der Waals surface area contributed by atoms with E-state index < -0.39 is 0 Å². The maximum Gasteiger partial charge on any atom is 0.261 e. The lowest BCUT2D eigenvalue weighted by Crippen LogP contribution is -2.31. The van der Waals surface area contributed by atoms with Crippen LogP contribution in [0.1, 0.15) is 20.7 Å². The molecule has 0 radical (unpaired) electrons. The number of hydrogen-bond donors (Lipinski definition) is 0. The minimum atomic E-state index is -0.235. The van der Waals surface area contributed by atoms with E-state index in [4.69, 9.17) is 0 Å². The van der Waals surface area contributed by atoms with E-state index in [1.807, 2.05) is 18.2 Å². The summed E-state index contributed by atoms with van der Waals surface area (Å²) in [5.41, 5.74) is 0.946. The van der Waals surface area contributed by atoms with Gasteiger partial charge in [0.15, 0.2) is 5.82 Å². The van der Waals surface area contributed by atoms with Crippen LogP contribution >= 0.6 is 11.8 Å². The van der Waals surface area contributed by atoms with E-state index in [0.717, 1.165) is 5.03 Å². The van der Waals surface area contributed by atoms with Crippen molar-refractivity contribution in [3.05, 3.63) is 66.0 Å². The number of thioether (sulfide) groups is 1. The predicted octanol–water partition coefficient (Wildman–Crippen LogP) is 2.05. The molecule has 1 aliphatic rings. The summed E-state index contributed by atoms with van der Waals surface area (Å²) in [6.07, 6.45) is 3.46. The number of rotatable bonds is 5. The van der Waals surface area contributed by atoms with Gasteiger partial charge in [-0.25, -0.2) is 4.68 Å². The molecule has 0 saturated heterocycles. The van der Waals surface area contributed by atoms with Gasteiger partial charge in [-0.1, -0.05) is 12.1 Å². The lowest BCUT2D eigenvalue weighted by Gasteiger charge is -2.12. The van der Waals surface area contributed by atoms with Gasteiger partial charge < -0.3 is 0 Å². The van der Waals surface area contributed by atoms with E-state index >= 15 is 0 Å². The SMILES string of the molecule is O=C1c2ccccc2C(=O)N1CCSc1ccc(-n2cccn2)nn1. The minimum absolute atomic E-state index is 0.235. The van der Waals surface area contributed by atoms with Crippen LogP contribution in [0.2, 0.25) is 0 Å². The molecule has 1 aliphatic heterocycles. The molecule has 0 atom stereocenters. The maximum absolute atomic E-state index is 12.3. The van der Waals surface area contributed by atoms with Gasteiger partial charge in [-0.15, -0.1) is 22.0 Å². The summed E-state index contributed by atoms with van der Waals surface area (Å²) < 4.78 is 1.63. The first-order valence-electron chi connectivity index (χ1n) is 7.66. The van der Waals surface area contributed by atoms with E-state index in [1.165, 1.54) is 16.7 Å². The lowest BCUT2D eigenvalue weighted by atomic mass is 10.1. The molecular weight excluding hydrogens is 338 g/mol. The summed E-state index contributed by atoms with van der Waals surface area (Å²) in [6, 6.07) is 12.4. The Morgan fingerprint density at radius 3 is 2.28 bits per heavy atom. The molecule has 1 aromatic carbocycles. The largest absolute Gasteiger partial charge is 0.273 e. The second-order valence-electron chi connectivity index (χ2n) is 5.34. The van der Waals surface area contributed by atoms with Crippen molar-refractivity contribution < 1.29 is 9.59 Å². The van der Waals surface area contributed by atoms with Crippen molar-refractivity contribution in [1.29, 1.82) is 0 Å². The molecular formula is C17H13N5O2S. The molecule has 4 rings (SSSR count). The number of imide groups is 1. The summed E-state index contributed by atoms with van der Waals surface area (Å²) in [5, 5.41) is 13.1. The van der Waals surface area contributed by atoms with Crippen molar-refractivity contribution >= 4 is 23.6 Å². The van der Waals surface area contributed by atoms with Crippen LogP contribution in [0, 0.1) is 0 Å². The van der Waals surface area contributed by atoms with Gasteiger partial charge in [-0.3, -0.25) is 14.5 Å². The van der Waals surface area contributed by atoms with Crippen molar-refractivity contribution in [2.24, 2.45) is 0 Å². The van der Waals surface area contributed by atoms with E-state index in [9.17, 15) is 9.59 Å². The number of amides is 2. The Bertz CT molecular complexity index is 889. The maximum atomic E-state index is 12.3. The molecule has 7 nitrogen and oxygen atoms in total. The van der Waals surface area contributed by atoms with Crippen LogP contribution in [-0.4, -0.2) is 49.0 Å². The first-order valence-corrected chi connectivity index (χ1v) is 8.64. The number of hydrogen-bond acceptors (Lipinski definition) is 6. The van der Waals surface area contributed by atoms with Crippen molar-refractivity contribution in [1.82, 2.24) is 24.9 Å². The highest BCUT2D eigenvalue weighted by Crippen LogP contribution is 2.23. The summed E-state index contributed by atoms with van der Waals surface area (Å²) in [5.74, 6) is 0.721. The van der Waals surface area contributed by atoms with Crippen LogP contribution in [-0.2, 0) is 0 Å². The second-order valence-corrected chi connectivity index (χ2v) is 6.45. The molecule has 0 fully saturated rings. The minimum Gasteiger partial charge on any atom is -0.273 e. The van der Waals surface area contributed by atoms with Gasteiger partial charge in [0, 0.05) is 24.7 Å². The fourth-order valence-corrected chi connectivity index (χ4v) is 3.35. The van der Waals surface area contributed by atoms with Gasteiger partial charge in [0.1, 0.15) is 5.03 Å². The van der Waals surface area contributed by atoms with Gasteiger partial charge in [0.2, 0.25) is 0 Å². The van der Waals surface area contributed by atoms with Gasteiger partial charge in [-0.2, -0.15) is 5.10 Å². The van der Waals surface area contributed by atoms with E-state index in [2.05, 4.69) is 15.3 Å². The third-order valence-corrected chi connectivity index (χ3v) is 4.71. The zero-order valence-corrected chi connectivity index (χ0v) is 13.9. The molecule has 2 aromatic heterocycles. The number of aromatic nitrogens is 4. The number of carbonyl (C=O) groups is 2. The number of fused-ring (bicyclic) bond motifs is 1. The van der Waals surface area contributed by atoms with E-state index in [-0.39, 0.29) is 11.8 Å². The van der Waals surface area contributed by atoms with Crippen molar-refractivity contribution in [2.45, 2.75) is 5.03 Å². The number of nitrogens with zero attached hydrogens (tertiary/aromatic N) is 5. The predicted molar refractivity (Wildman–Crippen MR) is 91.7 cm³/mol. The molecule has 0 saturated carbocycles. The Hall–Kier alpha value is -3.00. The summed E-state index contributed by atoms with van der Waals surface area (Å²) >= 11 is 1.45. The highest BCUT2D eigenvalue weighted by Gasteiger charge is 2.34. The standard InChI is InChI=1S/C17H13N5O2S/c23-16-12-4-1-2-5-13(12)17(24)21(16)10-11-25-15-7-6-14(19-20-15)22-9-3-8-18-22/h1-9H,10-11H2. The third kappa shape index (κ3) is 2.91. The fraction of sp³-hybridized carbons (Fsp3) is 0.118. The summed E-state index contributed by atoms with van der Waals surface area (Å²) in [4.78, 5) is 25.8. The Morgan fingerprint density at radius 2 is 1.68 bits per heavy atom. The number of benzene rings is 1. The first kappa shape index (κ1) is 15.5. The van der Waals surface area contributed by atoms with E-state index in [1.54, 1.807) is 41.3 Å². The van der Waals surface area contributed by atoms with Crippen molar-refractivity contribution in [3.8, 4) is 5.82 Å². The number of carbonyl (C=O) groups excluding carboxylic acids is 2. The normalized spacial score (nSPS) is 13.4. The van der Waals surface area contributed by atoms with Gasteiger partial charge in [-0.05, 0) is 30.3 Å². The van der Waals surface area contributed by atoms with Crippen LogP contribution in [0.15, 0.2) is 59.9 Å². The molecule has 0 bridgehead atoms. The van der Waals surface area contributed by atoms with Crippen molar-refractivity contribution in [2.75, 3.05) is 12.3 Å². The first-order chi connectivity index (χ1) is 12.2. The zero-order valence-electron chi connectivity index (χ0n) is 13.1. The summed E-state index contributed by atoms with van der Waals surface area (Å²) in [6.45, 7) is 0.333. The highest BCUT2D eigenvalue weighted by atomic mass is 32.2. The topological polar surface area (TPSA) is 81.0 Å². The molecule has 2 amide bonds. The van der Waals surface area contributed by atoms with Crippen LogP contribution < -0.4 is 0 Å². The highest BCUT2D eigenvalue weighted by molar-refractivity contribution is 7.99. The van der Waals surface area contributed by atoms with Crippen LogP contribution in [0.5, 0.6) is 0 Å². The average molecular weight is 351 g/mol. The van der Waals surface area contributed by atoms with Crippen LogP contribution in [0.3, 0.4) is 0 Å². The van der Waals surface area contributed by atoms with Crippen molar-refractivity contribution in [3.63, 3.8) is 0 Å². The monoisotopic (exact) mass is 351 g/mol. The quantitative estimate of drug-likeness (QED) is 0.517. The Morgan fingerprint density at radius 1 is 0.920 bits per heavy atom.